The molecule has 0 saturated heterocycles. The standard InChI is InChI=1S/C18H22F2N4O3S/c1-10(2)12-6-5-7-13(11(3)4)14(12)23-18(25)24-28(26,27)17-15(16(19)20)21-8-9-22-17/h5-11,16H,1-4H3,(H2,23,24,25). The number of para-hydroxylation sites is 1. The maximum absolute atomic E-state index is 13.0. The predicted molar refractivity (Wildman–Crippen MR) is 101 cm³/mol. The van der Waals surface area contributed by atoms with Crippen molar-refractivity contribution in [3.05, 3.63) is 47.4 Å². The smallest absolute Gasteiger partial charge is 0.307 e. The van der Waals surface area contributed by atoms with E-state index in [1.54, 1.807) is 4.72 Å². The number of halogens is 2. The SMILES string of the molecule is CC(C)c1cccc(C(C)C)c1NC(=O)NS(=O)(=O)c1nccnc1C(F)F. The van der Waals surface area contributed by atoms with Crippen molar-refractivity contribution in [1.82, 2.24) is 14.7 Å². The number of urea groups is 1. The molecule has 152 valence electrons. The van der Waals surface area contributed by atoms with E-state index in [2.05, 4.69) is 15.3 Å². The highest BCUT2D eigenvalue weighted by atomic mass is 32.2. The van der Waals surface area contributed by atoms with Crippen molar-refractivity contribution in [2.45, 2.75) is 51.0 Å². The summed E-state index contributed by atoms with van der Waals surface area (Å²) in [6.07, 6.45) is -1.24. The first-order chi connectivity index (χ1) is 13.0. The van der Waals surface area contributed by atoms with Gasteiger partial charge in [0.1, 0.15) is 5.69 Å². The third-order valence-electron chi connectivity index (χ3n) is 3.99. The molecular formula is C18H22F2N4O3S. The number of hydrogen-bond acceptors (Lipinski definition) is 5. The number of carbonyl (C=O) groups excluding carboxylic acids is 1. The van der Waals surface area contributed by atoms with Crippen LogP contribution in [-0.2, 0) is 10.0 Å². The van der Waals surface area contributed by atoms with Crippen molar-refractivity contribution >= 4 is 21.7 Å². The molecule has 0 aliphatic rings. The molecule has 1 aromatic heterocycles. The Labute approximate surface area is 162 Å². The second-order valence-corrected chi connectivity index (χ2v) is 8.33. The summed E-state index contributed by atoms with van der Waals surface area (Å²) < 4.78 is 52.6. The van der Waals surface area contributed by atoms with Crippen LogP contribution in [-0.4, -0.2) is 24.4 Å². The molecule has 0 aliphatic carbocycles. The Morgan fingerprint density at radius 1 is 1.00 bits per heavy atom. The molecule has 0 radical (unpaired) electrons. The summed E-state index contributed by atoms with van der Waals surface area (Å²) >= 11 is 0. The summed E-state index contributed by atoms with van der Waals surface area (Å²) in [5.74, 6) is 0.132. The van der Waals surface area contributed by atoms with Gasteiger partial charge in [-0.05, 0) is 23.0 Å². The molecule has 7 nitrogen and oxygen atoms in total. The largest absolute Gasteiger partial charge is 0.333 e. The lowest BCUT2D eigenvalue weighted by Crippen LogP contribution is -2.36. The van der Waals surface area contributed by atoms with Crippen LogP contribution in [0, 0.1) is 0 Å². The maximum Gasteiger partial charge on any atom is 0.333 e. The average Bonchev–Trinajstić information content (AvgIpc) is 2.60. The normalized spacial score (nSPS) is 11.9. The zero-order chi connectivity index (χ0) is 21.1. The van der Waals surface area contributed by atoms with Gasteiger partial charge in [-0.25, -0.2) is 23.3 Å². The minimum Gasteiger partial charge on any atom is -0.307 e. The number of sulfonamides is 1. The molecule has 0 aliphatic heterocycles. The number of aromatic nitrogens is 2. The summed E-state index contributed by atoms with van der Waals surface area (Å²) in [6.45, 7) is 7.75. The topological polar surface area (TPSA) is 101 Å². The van der Waals surface area contributed by atoms with Crippen LogP contribution in [0.25, 0.3) is 0 Å². The highest BCUT2D eigenvalue weighted by Crippen LogP contribution is 2.32. The summed E-state index contributed by atoms with van der Waals surface area (Å²) in [6, 6.07) is 4.45. The van der Waals surface area contributed by atoms with Gasteiger partial charge >= 0.3 is 6.03 Å². The lowest BCUT2D eigenvalue weighted by Gasteiger charge is -2.20. The van der Waals surface area contributed by atoms with Crippen molar-refractivity contribution in [1.29, 1.82) is 0 Å². The van der Waals surface area contributed by atoms with Crippen LogP contribution in [0.1, 0.15) is 62.8 Å². The predicted octanol–water partition coefficient (Wildman–Crippen LogP) is 4.17. The summed E-state index contributed by atoms with van der Waals surface area (Å²) in [5.41, 5.74) is 1.12. The van der Waals surface area contributed by atoms with Gasteiger partial charge in [0.15, 0.2) is 0 Å². The first-order valence-electron chi connectivity index (χ1n) is 8.60. The Kier molecular flexibility index (Phi) is 6.65. The third-order valence-corrected chi connectivity index (χ3v) is 5.27. The third kappa shape index (κ3) is 4.80. The van der Waals surface area contributed by atoms with E-state index < -0.39 is 33.2 Å². The van der Waals surface area contributed by atoms with Crippen molar-refractivity contribution in [2.75, 3.05) is 5.32 Å². The fraction of sp³-hybridized carbons (Fsp3) is 0.389. The van der Waals surface area contributed by atoms with Crippen LogP contribution in [0.5, 0.6) is 0 Å². The summed E-state index contributed by atoms with van der Waals surface area (Å²) in [4.78, 5) is 19.2. The molecule has 0 fully saturated rings. The summed E-state index contributed by atoms with van der Waals surface area (Å²) in [7, 11) is -4.64. The second kappa shape index (κ2) is 8.59. The molecule has 1 heterocycles. The van der Waals surface area contributed by atoms with Gasteiger partial charge in [-0.1, -0.05) is 45.9 Å². The lowest BCUT2D eigenvalue weighted by molar-refractivity contribution is 0.141. The van der Waals surface area contributed by atoms with E-state index in [1.165, 1.54) is 0 Å². The number of nitrogens with zero attached hydrogens (tertiary/aromatic N) is 2. The van der Waals surface area contributed by atoms with Gasteiger partial charge in [0.05, 0.1) is 0 Å². The van der Waals surface area contributed by atoms with E-state index in [0.717, 1.165) is 23.5 Å². The molecular weight excluding hydrogens is 390 g/mol. The van der Waals surface area contributed by atoms with Crippen LogP contribution >= 0.6 is 0 Å². The number of rotatable bonds is 6. The fourth-order valence-electron chi connectivity index (χ4n) is 2.70. The molecule has 0 saturated carbocycles. The minimum atomic E-state index is -4.64. The zero-order valence-corrected chi connectivity index (χ0v) is 16.7. The van der Waals surface area contributed by atoms with Crippen LogP contribution in [0.2, 0.25) is 0 Å². The highest BCUT2D eigenvalue weighted by molar-refractivity contribution is 7.90. The molecule has 2 amide bonds. The Hall–Kier alpha value is -2.62. The van der Waals surface area contributed by atoms with E-state index in [4.69, 9.17) is 0 Å². The van der Waals surface area contributed by atoms with Crippen molar-refractivity contribution in [3.63, 3.8) is 0 Å². The van der Waals surface area contributed by atoms with Gasteiger partial charge in [-0.15, -0.1) is 0 Å². The van der Waals surface area contributed by atoms with E-state index in [9.17, 15) is 22.0 Å². The van der Waals surface area contributed by atoms with Crippen molar-refractivity contribution in [2.24, 2.45) is 0 Å². The van der Waals surface area contributed by atoms with Crippen LogP contribution in [0.3, 0.4) is 0 Å². The molecule has 28 heavy (non-hydrogen) atoms. The molecule has 2 rings (SSSR count). The minimum absolute atomic E-state index is 0.0658. The van der Waals surface area contributed by atoms with E-state index in [-0.39, 0.29) is 11.8 Å². The molecule has 0 bridgehead atoms. The van der Waals surface area contributed by atoms with Crippen LogP contribution < -0.4 is 10.0 Å². The second-order valence-electron chi connectivity index (χ2n) is 6.73. The summed E-state index contributed by atoms with van der Waals surface area (Å²) in [5, 5.41) is 1.57. The lowest BCUT2D eigenvalue weighted by atomic mass is 9.93. The number of nitrogens with one attached hydrogen (secondary N) is 2. The molecule has 10 heteroatoms. The average molecular weight is 412 g/mol. The molecule has 2 aromatic rings. The Morgan fingerprint density at radius 3 is 2.04 bits per heavy atom. The fourth-order valence-corrected chi connectivity index (χ4v) is 3.71. The van der Waals surface area contributed by atoms with E-state index >= 15 is 0 Å². The van der Waals surface area contributed by atoms with E-state index in [1.807, 2.05) is 45.9 Å². The molecule has 1 aromatic carbocycles. The van der Waals surface area contributed by atoms with Gasteiger partial charge in [0.2, 0.25) is 5.03 Å². The van der Waals surface area contributed by atoms with Gasteiger partial charge in [0.25, 0.3) is 16.4 Å². The quantitative estimate of drug-likeness (QED) is 0.741. The number of anilines is 1. The van der Waals surface area contributed by atoms with Gasteiger partial charge < -0.3 is 5.32 Å². The number of carbonyl (C=O) groups is 1. The number of alkyl halides is 2. The van der Waals surface area contributed by atoms with Crippen molar-refractivity contribution in [3.8, 4) is 0 Å². The number of amides is 2. The molecule has 0 unspecified atom stereocenters. The molecule has 0 atom stereocenters. The van der Waals surface area contributed by atoms with Gasteiger partial charge in [-0.3, -0.25) is 4.98 Å². The van der Waals surface area contributed by atoms with E-state index in [0.29, 0.717) is 5.69 Å². The van der Waals surface area contributed by atoms with Gasteiger partial charge in [-0.2, -0.15) is 8.42 Å². The monoisotopic (exact) mass is 412 g/mol. The maximum atomic E-state index is 13.0. The Balaban J connectivity index is 2.35. The number of benzene rings is 1. The Morgan fingerprint density at radius 2 is 1.54 bits per heavy atom. The zero-order valence-electron chi connectivity index (χ0n) is 15.9. The van der Waals surface area contributed by atoms with Gasteiger partial charge in [0, 0.05) is 18.1 Å². The highest BCUT2D eigenvalue weighted by Gasteiger charge is 2.28. The van der Waals surface area contributed by atoms with Crippen LogP contribution in [0.4, 0.5) is 19.3 Å². The van der Waals surface area contributed by atoms with Crippen LogP contribution in [0.15, 0.2) is 35.6 Å². The molecule has 2 N–H and O–H groups in total. The Bertz CT molecular complexity index is 937. The molecule has 0 spiro atoms. The van der Waals surface area contributed by atoms with Crippen molar-refractivity contribution < 1.29 is 22.0 Å². The first-order valence-corrected chi connectivity index (χ1v) is 10.1. The first kappa shape index (κ1) is 21.7. The number of hydrogen-bond donors (Lipinski definition) is 2.